The van der Waals surface area contributed by atoms with Crippen LogP contribution in [0.1, 0.15) is 30.6 Å². The van der Waals surface area contributed by atoms with Crippen LogP contribution in [-0.2, 0) is 6.54 Å². The summed E-state index contributed by atoms with van der Waals surface area (Å²) >= 11 is 6.05. The molecule has 1 amide bonds. The lowest BCUT2D eigenvalue weighted by Crippen LogP contribution is -2.32. The van der Waals surface area contributed by atoms with E-state index in [1.54, 1.807) is 30.5 Å². The molecule has 1 aromatic heterocycles. The van der Waals surface area contributed by atoms with E-state index in [1.165, 1.54) is 0 Å². The number of carbonyl (C=O) groups excluding carboxylic acids is 1. The van der Waals surface area contributed by atoms with Crippen molar-refractivity contribution < 1.29 is 4.79 Å². The number of hydrogen-bond donors (Lipinski definition) is 1. The minimum atomic E-state index is -0.343. The maximum atomic E-state index is 12.7. The fraction of sp³-hybridized carbons (Fsp3) is 0.400. The average molecular weight is 376 g/mol. The monoisotopic (exact) mass is 375 g/mol. The van der Waals surface area contributed by atoms with Crippen LogP contribution >= 0.6 is 11.6 Å². The number of nitrogens with zero attached hydrogens (tertiary/aromatic N) is 2. The normalized spacial score (nSPS) is 11.1. The van der Waals surface area contributed by atoms with Crippen molar-refractivity contribution in [2.24, 2.45) is 0 Å². The number of allylic oxidation sites excluding steroid dienone is 1. The van der Waals surface area contributed by atoms with Crippen LogP contribution in [0.15, 0.2) is 41.8 Å². The van der Waals surface area contributed by atoms with E-state index in [9.17, 15) is 9.59 Å². The Balaban J connectivity index is 2.21. The zero-order valence-electron chi connectivity index (χ0n) is 15.4. The van der Waals surface area contributed by atoms with Crippen LogP contribution < -0.4 is 10.7 Å². The highest BCUT2D eigenvalue weighted by Crippen LogP contribution is 2.18. The van der Waals surface area contributed by atoms with Gasteiger partial charge in [0.1, 0.15) is 5.56 Å². The van der Waals surface area contributed by atoms with Crippen LogP contribution in [0, 0.1) is 0 Å². The Morgan fingerprint density at radius 3 is 2.73 bits per heavy atom. The van der Waals surface area contributed by atoms with Crippen molar-refractivity contribution in [3.63, 3.8) is 0 Å². The molecule has 2 rings (SSSR count). The first kappa shape index (κ1) is 20.2. The van der Waals surface area contributed by atoms with Gasteiger partial charge in [-0.25, -0.2) is 0 Å². The number of pyridine rings is 1. The number of aromatic nitrogens is 1. The van der Waals surface area contributed by atoms with E-state index in [0.29, 0.717) is 29.0 Å². The van der Waals surface area contributed by atoms with Gasteiger partial charge in [0.25, 0.3) is 5.91 Å². The number of benzene rings is 1. The first-order chi connectivity index (χ1) is 12.5. The van der Waals surface area contributed by atoms with Crippen LogP contribution in [0.5, 0.6) is 0 Å². The Labute approximate surface area is 159 Å². The summed E-state index contributed by atoms with van der Waals surface area (Å²) in [5.74, 6) is -0.343. The standard InChI is InChI=1S/C20H26ClN3O2/c1-4-11-24-14-17(19(25)16-9-8-15(21)13-18(16)24)20(26)22-10-7-12-23(5-2)6-3/h4,8-9,13-14H,1,5-7,10-12H2,2-3H3,(H,22,26). The number of rotatable bonds is 9. The number of fused-ring (bicyclic) bond motifs is 1. The lowest BCUT2D eigenvalue weighted by molar-refractivity contribution is 0.0950. The lowest BCUT2D eigenvalue weighted by atomic mass is 10.1. The van der Waals surface area contributed by atoms with Crippen LogP contribution in [0.25, 0.3) is 10.9 Å². The Hall–Kier alpha value is -2.11. The highest BCUT2D eigenvalue weighted by Gasteiger charge is 2.15. The van der Waals surface area contributed by atoms with E-state index in [4.69, 9.17) is 11.6 Å². The molecule has 0 saturated carbocycles. The predicted octanol–water partition coefficient (Wildman–Crippen LogP) is 3.30. The maximum Gasteiger partial charge on any atom is 0.256 e. The average Bonchev–Trinajstić information content (AvgIpc) is 2.64. The van der Waals surface area contributed by atoms with Crippen molar-refractivity contribution in [1.29, 1.82) is 0 Å². The first-order valence-electron chi connectivity index (χ1n) is 8.95. The van der Waals surface area contributed by atoms with Crippen LogP contribution in [0.4, 0.5) is 0 Å². The summed E-state index contributed by atoms with van der Waals surface area (Å²) in [6.07, 6.45) is 4.15. The fourth-order valence-corrected chi connectivity index (χ4v) is 3.12. The summed E-state index contributed by atoms with van der Waals surface area (Å²) in [5, 5.41) is 3.88. The topological polar surface area (TPSA) is 54.3 Å². The number of nitrogens with one attached hydrogen (secondary N) is 1. The minimum Gasteiger partial charge on any atom is -0.352 e. The molecule has 0 aliphatic carbocycles. The molecule has 0 aliphatic rings. The molecule has 5 nitrogen and oxygen atoms in total. The maximum absolute atomic E-state index is 12.7. The van der Waals surface area contributed by atoms with Crippen LogP contribution in [0.3, 0.4) is 0 Å². The second-order valence-corrected chi connectivity index (χ2v) is 6.55. The third-order valence-electron chi connectivity index (χ3n) is 4.44. The third kappa shape index (κ3) is 4.74. The van der Waals surface area contributed by atoms with E-state index in [0.717, 1.165) is 26.1 Å². The van der Waals surface area contributed by atoms with Crippen LogP contribution in [0.2, 0.25) is 5.02 Å². The summed E-state index contributed by atoms with van der Waals surface area (Å²) in [7, 11) is 0. The van der Waals surface area contributed by atoms with Crippen molar-refractivity contribution in [3.05, 3.63) is 57.9 Å². The number of halogens is 1. The molecule has 26 heavy (non-hydrogen) atoms. The highest BCUT2D eigenvalue weighted by molar-refractivity contribution is 6.31. The molecule has 0 atom stereocenters. The molecule has 0 spiro atoms. The first-order valence-corrected chi connectivity index (χ1v) is 9.33. The molecule has 1 N–H and O–H groups in total. The smallest absolute Gasteiger partial charge is 0.256 e. The molecule has 6 heteroatoms. The second kappa shape index (κ2) is 9.55. The molecule has 0 bridgehead atoms. The van der Waals surface area contributed by atoms with Gasteiger partial charge in [0.2, 0.25) is 5.43 Å². The number of hydrogen-bond acceptors (Lipinski definition) is 3. The summed E-state index contributed by atoms with van der Waals surface area (Å²) < 4.78 is 1.82. The molecular formula is C20H26ClN3O2. The summed E-state index contributed by atoms with van der Waals surface area (Å²) in [6, 6.07) is 5.06. The summed E-state index contributed by atoms with van der Waals surface area (Å²) in [4.78, 5) is 27.5. The molecule has 0 saturated heterocycles. The van der Waals surface area contributed by atoms with E-state index in [2.05, 4.69) is 30.6 Å². The van der Waals surface area contributed by atoms with Crippen molar-refractivity contribution in [2.45, 2.75) is 26.8 Å². The Bertz CT molecular complexity index is 841. The Morgan fingerprint density at radius 1 is 1.35 bits per heavy atom. The van der Waals surface area contributed by atoms with Gasteiger partial charge in [-0.05, 0) is 44.3 Å². The number of carbonyl (C=O) groups is 1. The molecule has 0 unspecified atom stereocenters. The van der Waals surface area contributed by atoms with Gasteiger partial charge in [-0.15, -0.1) is 6.58 Å². The van der Waals surface area contributed by atoms with E-state index in [1.807, 2.05) is 4.57 Å². The van der Waals surface area contributed by atoms with Crippen LogP contribution in [-0.4, -0.2) is 41.6 Å². The van der Waals surface area contributed by atoms with Gasteiger partial charge in [0.15, 0.2) is 0 Å². The van der Waals surface area contributed by atoms with Gasteiger partial charge < -0.3 is 14.8 Å². The summed E-state index contributed by atoms with van der Waals surface area (Å²) in [5.41, 5.74) is 0.559. The largest absolute Gasteiger partial charge is 0.352 e. The van der Waals surface area contributed by atoms with Crippen molar-refractivity contribution in [1.82, 2.24) is 14.8 Å². The van der Waals surface area contributed by atoms with Gasteiger partial charge in [-0.1, -0.05) is 31.5 Å². The number of amides is 1. The van der Waals surface area contributed by atoms with Gasteiger partial charge in [-0.2, -0.15) is 0 Å². The third-order valence-corrected chi connectivity index (χ3v) is 4.68. The lowest BCUT2D eigenvalue weighted by Gasteiger charge is -2.17. The Kier molecular flexibility index (Phi) is 7.42. The highest BCUT2D eigenvalue weighted by atomic mass is 35.5. The van der Waals surface area contributed by atoms with Gasteiger partial charge in [-0.3, -0.25) is 9.59 Å². The molecule has 0 aliphatic heterocycles. The summed E-state index contributed by atoms with van der Waals surface area (Å²) in [6.45, 7) is 11.9. The van der Waals surface area contributed by atoms with Gasteiger partial charge in [0.05, 0.1) is 5.52 Å². The molecule has 1 aromatic carbocycles. The fourth-order valence-electron chi connectivity index (χ4n) is 2.96. The van der Waals surface area contributed by atoms with Crippen molar-refractivity contribution in [3.8, 4) is 0 Å². The zero-order valence-corrected chi connectivity index (χ0v) is 16.2. The van der Waals surface area contributed by atoms with E-state index >= 15 is 0 Å². The molecule has 0 radical (unpaired) electrons. The predicted molar refractivity (Wildman–Crippen MR) is 108 cm³/mol. The second-order valence-electron chi connectivity index (χ2n) is 6.11. The zero-order chi connectivity index (χ0) is 19.1. The van der Waals surface area contributed by atoms with Crippen molar-refractivity contribution >= 4 is 28.4 Å². The van der Waals surface area contributed by atoms with Crippen molar-refractivity contribution in [2.75, 3.05) is 26.2 Å². The molecule has 0 fully saturated rings. The molecular weight excluding hydrogens is 350 g/mol. The SMILES string of the molecule is C=CCn1cc(C(=O)NCCCN(CC)CC)c(=O)c2ccc(Cl)cc21. The minimum absolute atomic E-state index is 0.143. The Morgan fingerprint density at radius 2 is 2.08 bits per heavy atom. The quantitative estimate of drug-likeness (QED) is 0.540. The molecule has 140 valence electrons. The molecule has 2 aromatic rings. The van der Waals surface area contributed by atoms with E-state index < -0.39 is 0 Å². The van der Waals surface area contributed by atoms with Gasteiger partial charge in [0, 0.05) is 29.7 Å². The van der Waals surface area contributed by atoms with Gasteiger partial charge >= 0.3 is 0 Å². The van der Waals surface area contributed by atoms with E-state index in [-0.39, 0.29) is 16.9 Å². The molecule has 1 heterocycles.